The predicted octanol–water partition coefficient (Wildman–Crippen LogP) is 6.22. The third-order valence-corrected chi connectivity index (χ3v) is 5.91. The molecule has 3 atom stereocenters. The van der Waals surface area contributed by atoms with Crippen LogP contribution in [0.5, 0.6) is 0 Å². The molecule has 0 aromatic carbocycles. The molecule has 0 heterocycles. The average Bonchev–Trinajstić information content (AvgIpc) is 2.97. The highest BCUT2D eigenvalue weighted by molar-refractivity contribution is 5.69. The number of unbranched alkanes of at least 4 members (excludes halogenated alkanes) is 1. The van der Waals surface area contributed by atoms with E-state index in [4.69, 9.17) is 0 Å². The largest absolute Gasteiger partial charge is 0.469 e. The molecule has 1 saturated carbocycles. The third kappa shape index (κ3) is 6.83. The van der Waals surface area contributed by atoms with E-state index >= 15 is 0 Å². The predicted molar refractivity (Wildman–Crippen MR) is 101 cm³/mol. The van der Waals surface area contributed by atoms with E-state index < -0.39 is 0 Å². The monoisotopic (exact) mass is 332 g/mol. The fraction of sp³-hybridized carbons (Fsp3) is 0.773. The van der Waals surface area contributed by atoms with Gasteiger partial charge in [0.2, 0.25) is 0 Å². The lowest BCUT2D eigenvalue weighted by Gasteiger charge is -2.22. The van der Waals surface area contributed by atoms with Crippen molar-refractivity contribution in [1.29, 1.82) is 0 Å². The van der Waals surface area contributed by atoms with Crippen LogP contribution in [0.4, 0.5) is 0 Å². The lowest BCUT2D eigenvalue weighted by Crippen LogP contribution is -2.13. The molecule has 1 unspecified atom stereocenters. The summed E-state index contributed by atoms with van der Waals surface area (Å²) in [6.07, 6.45) is 25.9. The summed E-state index contributed by atoms with van der Waals surface area (Å²) in [4.78, 5) is 11.1. The molecule has 2 heteroatoms. The normalized spacial score (nSPS) is 28.5. The molecular formula is C22H36O2. The van der Waals surface area contributed by atoms with E-state index in [1.165, 1.54) is 71.3 Å². The molecule has 0 spiro atoms. The molecule has 2 bridgehead atoms. The Labute approximate surface area is 148 Å². The second kappa shape index (κ2) is 11.5. The molecule has 0 amide bonds. The summed E-state index contributed by atoms with van der Waals surface area (Å²) in [5.41, 5.74) is 0. The van der Waals surface area contributed by atoms with E-state index in [0.29, 0.717) is 6.42 Å². The Morgan fingerprint density at radius 3 is 2.79 bits per heavy atom. The van der Waals surface area contributed by atoms with Gasteiger partial charge in [0.25, 0.3) is 0 Å². The van der Waals surface area contributed by atoms with Gasteiger partial charge in [-0.3, -0.25) is 4.79 Å². The Kier molecular flexibility index (Phi) is 9.23. The van der Waals surface area contributed by atoms with Gasteiger partial charge in [0.1, 0.15) is 0 Å². The first-order valence-corrected chi connectivity index (χ1v) is 10.2. The molecule has 0 radical (unpaired) electrons. The van der Waals surface area contributed by atoms with Crippen LogP contribution >= 0.6 is 0 Å². The van der Waals surface area contributed by atoms with Gasteiger partial charge in [0.15, 0.2) is 0 Å². The van der Waals surface area contributed by atoms with Crippen molar-refractivity contribution >= 4 is 5.97 Å². The molecule has 2 rings (SSSR count). The number of allylic oxidation sites excluding steroid dienone is 4. The second-order valence-electron chi connectivity index (χ2n) is 7.61. The van der Waals surface area contributed by atoms with Gasteiger partial charge in [0, 0.05) is 6.42 Å². The van der Waals surface area contributed by atoms with Gasteiger partial charge in [-0.15, -0.1) is 0 Å². The van der Waals surface area contributed by atoms with E-state index in [9.17, 15) is 4.79 Å². The summed E-state index contributed by atoms with van der Waals surface area (Å²) in [5.74, 6) is 2.48. The van der Waals surface area contributed by atoms with Crippen LogP contribution in [-0.2, 0) is 9.53 Å². The minimum atomic E-state index is -0.0918. The molecule has 1 fully saturated rings. The van der Waals surface area contributed by atoms with E-state index in [2.05, 4.69) is 29.0 Å². The Morgan fingerprint density at radius 1 is 1.08 bits per heavy atom. The number of fused-ring (bicyclic) bond motifs is 2. The highest BCUT2D eigenvalue weighted by Gasteiger charge is 2.33. The number of carbonyl (C=O) groups is 1. The maximum Gasteiger partial charge on any atom is 0.305 e. The zero-order valence-corrected chi connectivity index (χ0v) is 15.6. The maximum atomic E-state index is 11.1. The van der Waals surface area contributed by atoms with E-state index in [1.54, 1.807) is 0 Å². The van der Waals surface area contributed by atoms with Gasteiger partial charge in [-0.05, 0) is 62.7 Å². The average molecular weight is 333 g/mol. The number of hydrogen-bond donors (Lipinski definition) is 0. The van der Waals surface area contributed by atoms with Crippen LogP contribution in [0.15, 0.2) is 24.3 Å². The van der Waals surface area contributed by atoms with Crippen LogP contribution in [0.1, 0.15) is 83.5 Å². The lowest BCUT2D eigenvalue weighted by atomic mass is 9.83. The lowest BCUT2D eigenvalue weighted by molar-refractivity contribution is -0.140. The second-order valence-corrected chi connectivity index (χ2v) is 7.61. The van der Waals surface area contributed by atoms with E-state index in [0.717, 1.165) is 30.6 Å². The first-order chi connectivity index (χ1) is 11.8. The molecule has 0 aromatic heterocycles. The zero-order valence-electron chi connectivity index (χ0n) is 15.6. The Balaban J connectivity index is 1.80. The first kappa shape index (κ1) is 19.3. The quantitative estimate of drug-likeness (QED) is 0.328. The van der Waals surface area contributed by atoms with Gasteiger partial charge in [0.05, 0.1) is 7.11 Å². The van der Waals surface area contributed by atoms with Crippen molar-refractivity contribution in [1.82, 2.24) is 0 Å². The van der Waals surface area contributed by atoms with Gasteiger partial charge in [-0.1, -0.05) is 56.4 Å². The van der Waals surface area contributed by atoms with Crippen molar-refractivity contribution in [3.8, 4) is 0 Å². The van der Waals surface area contributed by atoms with Gasteiger partial charge in [-0.25, -0.2) is 0 Å². The number of carbonyl (C=O) groups excluding carboxylic acids is 1. The molecule has 136 valence electrons. The van der Waals surface area contributed by atoms with Crippen molar-refractivity contribution in [3.63, 3.8) is 0 Å². The fourth-order valence-corrected chi connectivity index (χ4v) is 4.46. The summed E-state index contributed by atoms with van der Waals surface area (Å²) >= 11 is 0. The zero-order chi connectivity index (χ0) is 17.0. The maximum absolute atomic E-state index is 11.1. The number of ether oxygens (including phenoxy) is 1. The van der Waals surface area contributed by atoms with Gasteiger partial charge >= 0.3 is 5.97 Å². The molecule has 2 aliphatic rings. The smallest absolute Gasteiger partial charge is 0.305 e. The van der Waals surface area contributed by atoms with Crippen LogP contribution in [0.2, 0.25) is 0 Å². The van der Waals surface area contributed by atoms with E-state index in [1.807, 2.05) is 0 Å². The molecule has 2 aliphatic carbocycles. The molecule has 0 saturated heterocycles. The highest BCUT2D eigenvalue weighted by atomic mass is 16.5. The molecule has 0 aliphatic heterocycles. The number of hydrogen-bond acceptors (Lipinski definition) is 2. The Hall–Kier alpha value is -1.05. The molecule has 2 nitrogen and oxygen atoms in total. The van der Waals surface area contributed by atoms with Crippen molar-refractivity contribution in [2.75, 3.05) is 7.11 Å². The minimum Gasteiger partial charge on any atom is -0.469 e. The van der Waals surface area contributed by atoms with Crippen molar-refractivity contribution < 1.29 is 9.53 Å². The topological polar surface area (TPSA) is 26.3 Å². The summed E-state index contributed by atoms with van der Waals surface area (Å²) in [7, 11) is 1.46. The number of esters is 1. The van der Waals surface area contributed by atoms with Gasteiger partial charge in [-0.2, -0.15) is 0 Å². The molecular weight excluding hydrogens is 296 g/mol. The summed E-state index contributed by atoms with van der Waals surface area (Å²) in [6, 6.07) is 0. The SMILES string of the molecule is COC(=O)CCCC=CC[C@H]1C2CCCCCCCC=C[C@H]1CC2. The van der Waals surface area contributed by atoms with Crippen LogP contribution in [0, 0.1) is 17.8 Å². The van der Waals surface area contributed by atoms with Crippen molar-refractivity contribution in [2.24, 2.45) is 17.8 Å². The molecule has 0 N–H and O–H groups in total. The Morgan fingerprint density at radius 2 is 1.92 bits per heavy atom. The summed E-state index contributed by atoms with van der Waals surface area (Å²) < 4.78 is 4.68. The Bertz CT molecular complexity index is 410. The van der Waals surface area contributed by atoms with Crippen LogP contribution in [0.25, 0.3) is 0 Å². The standard InChI is InChI=1S/C22H36O2/c1-24-22(23)16-12-8-7-11-15-21-19-13-9-5-3-2-4-6-10-14-20(21)18-17-19/h7,9,11,13,19-21H,2-6,8,10,12,14-18H2,1H3/t19-,20?,21+/m0/s1. The highest BCUT2D eigenvalue weighted by Crippen LogP contribution is 2.43. The fourth-order valence-electron chi connectivity index (χ4n) is 4.46. The summed E-state index contributed by atoms with van der Waals surface area (Å²) in [6.45, 7) is 0. The van der Waals surface area contributed by atoms with Gasteiger partial charge < -0.3 is 4.74 Å². The molecule has 24 heavy (non-hydrogen) atoms. The van der Waals surface area contributed by atoms with Crippen LogP contribution in [0.3, 0.4) is 0 Å². The van der Waals surface area contributed by atoms with E-state index in [-0.39, 0.29) is 5.97 Å². The first-order valence-electron chi connectivity index (χ1n) is 10.2. The van der Waals surface area contributed by atoms with Crippen LogP contribution in [-0.4, -0.2) is 13.1 Å². The third-order valence-electron chi connectivity index (χ3n) is 5.91. The minimum absolute atomic E-state index is 0.0918. The van der Waals surface area contributed by atoms with Crippen molar-refractivity contribution in [2.45, 2.75) is 83.5 Å². The number of methoxy groups -OCH3 is 1. The van der Waals surface area contributed by atoms with Crippen molar-refractivity contribution in [3.05, 3.63) is 24.3 Å². The van der Waals surface area contributed by atoms with Crippen LogP contribution < -0.4 is 0 Å². The summed E-state index contributed by atoms with van der Waals surface area (Å²) in [5, 5.41) is 0. The number of rotatable bonds is 6. The molecule has 0 aromatic rings.